The highest BCUT2D eigenvalue weighted by atomic mass is 32.2. The second-order valence-electron chi connectivity index (χ2n) is 6.59. The zero-order valence-corrected chi connectivity index (χ0v) is 18.4. The topological polar surface area (TPSA) is 59.0 Å². The van der Waals surface area contributed by atoms with Gasteiger partial charge in [0, 0.05) is 22.9 Å². The van der Waals surface area contributed by atoms with Gasteiger partial charge in [0.1, 0.15) is 0 Å². The molecule has 1 amide bonds. The van der Waals surface area contributed by atoms with Crippen molar-refractivity contribution in [1.29, 1.82) is 0 Å². The maximum absolute atomic E-state index is 13.6. The summed E-state index contributed by atoms with van der Waals surface area (Å²) >= 11 is 4.72. The number of hydrogen-bond acceptors (Lipinski definition) is 7. The molecular weight excluding hydrogens is 432 g/mol. The first kappa shape index (κ1) is 19.2. The van der Waals surface area contributed by atoms with E-state index in [-0.39, 0.29) is 5.91 Å². The number of benzene rings is 2. The molecule has 3 heterocycles. The molecule has 0 aliphatic carbocycles. The van der Waals surface area contributed by atoms with Crippen molar-refractivity contribution in [3.05, 3.63) is 77.6 Å². The quantitative estimate of drug-likeness (QED) is 0.315. The van der Waals surface area contributed by atoms with Gasteiger partial charge in [-0.25, -0.2) is 9.97 Å². The SMILES string of the molecule is CSc1cccc2sc(N(Cc3cccnc3)C(=O)c3ccc4ncsc4c3)nc12. The maximum atomic E-state index is 13.6. The Bertz CT molecular complexity index is 1350. The Morgan fingerprint density at radius 2 is 2.07 bits per heavy atom. The smallest absolute Gasteiger partial charge is 0.260 e. The Balaban J connectivity index is 1.60. The Hall–Kier alpha value is -2.81. The molecule has 0 fully saturated rings. The molecule has 30 heavy (non-hydrogen) atoms. The lowest BCUT2D eigenvalue weighted by Crippen LogP contribution is -2.30. The van der Waals surface area contributed by atoms with Gasteiger partial charge in [0.05, 0.1) is 32.5 Å². The van der Waals surface area contributed by atoms with Crippen LogP contribution in [-0.2, 0) is 6.54 Å². The van der Waals surface area contributed by atoms with Crippen molar-refractivity contribution in [1.82, 2.24) is 15.0 Å². The molecule has 0 N–H and O–H groups in total. The molecule has 0 aliphatic rings. The van der Waals surface area contributed by atoms with E-state index in [9.17, 15) is 4.79 Å². The summed E-state index contributed by atoms with van der Waals surface area (Å²) in [5.74, 6) is -0.0843. The number of thiazole rings is 2. The van der Waals surface area contributed by atoms with E-state index in [0.717, 1.165) is 30.9 Å². The van der Waals surface area contributed by atoms with E-state index in [2.05, 4.69) is 16.0 Å². The molecule has 5 rings (SSSR count). The Morgan fingerprint density at radius 1 is 1.13 bits per heavy atom. The van der Waals surface area contributed by atoms with Gasteiger partial charge >= 0.3 is 0 Å². The summed E-state index contributed by atoms with van der Waals surface area (Å²) in [6, 6.07) is 15.6. The van der Waals surface area contributed by atoms with Crippen LogP contribution in [0, 0.1) is 0 Å². The van der Waals surface area contributed by atoms with E-state index < -0.39 is 0 Å². The first-order chi connectivity index (χ1) is 14.7. The van der Waals surface area contributed by atoms with Crippen LogP contribution in [0.25, 0.3) is 20.4 Å². The highest BCUT2D eigenvalue weighted by Gasteiger charge is 2.23. The standard InChI is InChI=1S/C22H16N4OS3/c1-28-17-5-2-6-18-20(17)25-22(30-18)26(12-14-4-3-9-23-11-14)21(27)15-7-8-16-19(10-15)29-13-24-16/h2-11,13H,12H2,1H3. The van der Waals surface area contributed by atoms with Gasteiger partial charge in [0.25, 0.3) is 5.91 Å². The van der Waals surface area contributed by atoms with Crippen LogP contribution in [0.3, 0.4) is 0 Å². The third-order valence-corrected chi connectivity index (χ3v) is 7.31. The summed E-state index contributed by atoms with van der Waals surface area (Å²) in [4.78, 5) is 29.8. The number of anilines is 1. The van der Waals surface area contributed by atoms with Gasteiger partial charge in [0.15, 0.2) is 5.13 Å². The minimum atomic E-state index is -0.0843. The van der Waals surface area contributed by atoms with Gasteiger partial charge in [-0.15, -0.1) is 23.1 Å². The molecule has 8 heteroatoms. The van der Waals surface area contributed by atoms with Crippen molar-refractivity contribution >= 4 is 65.9 Å². The number of carbonyl (C=O) groups excluding carboxylic acids is 1. The molecule has 5 nitrogen and oxygen atoms in total. The molecule has 5 aromatic rings. The molecule has 0 bridgehead atoms. The number of aromatic nitrogens is 3. The third-order valence-electron chi connectivity index (χ3n) is 4.71. The lowest BCUT2D eigenvalue weighted by Gasteiger charge is -2.20. The summed E-state index contributed by atoms with van der Waals surface area (Å²) in [7, 11) is 0. The Labute approximate surface area is 185 Å². The number of para-hydroxylation sites is 1. The average molecular weight is 449 g/mol. The number of rotatable bonds is 5. The van der Waals surface area contributed by atoms with Crippen molar-refractivity contribution in [2.75, 3.05) is 11.2 Å². The molecule has 0 saturated heterocycles. The summed E-state index contributed by atoms with van der Waals surface area (Å²) in [6.07, 6.45) is 5.56. The molecule has 148 valence electrons. The fraction of sp³-hybridized carbons (Fsp3) is 0.0909. The summed E-state index contributed by atoms with van der Waals surface area (Å²) in [5, 5.41) is 0.685. The summed E-state index contributed by atoms with van der Waals surface area (Å²) in [6.45, 7) is 0.405. The predicted molar refractivity (Wildman–Crippen MR) is 126 cm³/mol. The van der Waals surface area contributed by atoms with E-state index >= 15 is 0 Å². The Kier molecular flexibility index (Phi) is 5.20. The molecule has 0 spiro atoms. The molecule has 0 aliphatic heterocycles. The number of carbonyl (C=O) groups is 1. The van der Waals surface area contributed by atoms with Crippen molar-refractivity contribution in [3.8, 4) is 0 Å². The number of thioether (sulfide) groups is 1. The van der Waals surface area contributed by atoms with E-state index in [1.54, 1.807) is 34.6 Å². The number of fused-ring (bicyclic) bond motifs is 2. The fourth-order valence-corrected chi connectivity index (χ4v) is 5.57. The van der Waals surface area contributed by atoms with E-state index in [4.69, 9.17) is 4.98 Å². The average Bonchev–Trinajstić information content (AvgIpc) is 3.43. The molecule has 0 atom stereocenters. The largest absolute Gasteiger partial charge is 0.279 e. The zero-order valence-electron chi connectivity index (χ0n) is 16.0. The minimum Gasteiger partial charge on any atom is -0.279 e. The molecule has 2 aromatic carbocycles. The van der Waals surface area contributed by atoms with Crippen molar-refractivity contribution in [2.45, 2.75) is 11.4 Å². The fourth-order valence-electron chi connectivity index (χ4n) is 3.24. The predicted octanol–water partition coefficient (Wildman–Crippen LogP) is 5.87. The van der Waals surface area contributed by atoms with Crippen LogP contribution < -0.4 is 4.90 Å². The number of hydrogen-bond donors (Lipinski definition) is 0. The van der Waals surface area contributed by atoms with Gasteiger partial charge in [-0.3, -0.25) is 14.7 Å². The van der Waals surface area contributed by atoms with Crippen LogP contribution >= 0.6 is 34.4 Å². The zero-order chi connectivity index (χ0) is 20.5. The van der Waals surface area contributed by atoms with Gasteiger partial charge in [-0.2, -0.15) is 0 Å². The lowest BCUT2D eigenvalue weighted by molar-refractivity contribution is 0.0985. The van der Waals surface area contributed by atoms with E-state index in [1.165, 1.54) is 22.7 Å². The van der Waals surface area contributed by atoms with Gasteiger partial charge in [-0.05, 0) is 48.2 Å². The van der Waals surface area contributed by atoms with Crippen LogP contribution in [0.1, 0.15) is 15.9 Å². The first-order valence-electron chi connectivity index (χ1n) is 9.20. The van der Waals surface area contributed by atoms with Crippen LogP contribution in [0.2, 0.25) is 0 Å². The number of pyridine rings is 1. The van der Waals surface area contributed by atoms with E-state index in [1.807, 2.05) is 48.7 Å². The molecule has 0 saturated carbocycles. The molecular formula is C22H16N4OS3. The lowest BCUT2D eigenvalue weighted by atomic mass is 10.1. The second-order valence-corrected chi connectivity index (χ2v) is 9.33. The monoisotopic (exact) mass is 448 g/mol. The van der Waals surface area contributed by atoms with Crippen LogP contribution in [0.4, 0.5) is 5.13 Å². The minimum absolute atomic E-state index is 0.0843. The summed E-state index contributed by atoms with van der Waals surface area (Å²) in [5.41, 5.74) is 5.21. The van der Waals surface area contributed by atoms with Gasteiger partial charge in [0.2, 0.25) is 0 Å². The molecule has 3 aromatic heterocycles. The van der Waals surface area contributed by atoms with Gasteiger partial charge in [-0.1, -0.05) is 23.5 Å². The van der Waals surface area contributed by atoms with Crippen molar-refractivity contribution < 1.29 is 4.79 Å². The van der Waals surface area contributed by atoms with Gasteiger partial charge < -0.3 is 0 Å². The first-order valence-corrected chi connectivity index (χ1v) is 12.1. The highest BCUT2D eigenvalue weighted by molar-refractivity contribution is 7.98. The van der Waals surface area contributed by atoms with Crippen LogP contribution in [-0.4, -0.2) is 27.1 Å². The normalized spacial score (nSPS) is 11.2. The molecule has 0 radical (unpaired) electrons. The maximum Gasteiger partial charge on any atom is 0.260 e. The number of nitrogens with zero attached hydrogens (tertiary/aromatic N) is 4. The van der Waals surface area contributed by atoms with Crippen LogP contribution in [0.5, 0.6) is 0 Å². The summed E-state index contributed by atoms with van der Waals surface area (Å²) < 4.78 is 2.06. The Morgan fingerprint density at radius 3 is 2.90 bits per heavy atom. The third kappa shape index (κ3) is 3.58. The van der Waals surface area contributed by atoms with Crippen molar-refractivity contribution in [3.63, 3.8) is 0 Å². The highest BCUT2D eigenvalue weighted by Crippen LogP contribution is 2.35. The number of amides is 1. The van der Waals surface area contributed by atoms with Crippen LogP contribution in [0.15, 0.2) is 71.3 Å². The van der Waals surface area contributed by atoms with E-state index in [0.29, 0.717) is 17.2 Å². The molecule has 0 unspecified atom stereocenters. The van der Waals surface area contributed by atoms with Crippen molar-refractivity contribution in [2.24, 2.45) is 0 Å². The second kappa shape index (κ2) is 8.14.